The molecule has 3 heterocycles. The molecular formula is C50H58BrF5N6O6S2. The maximum absolute atomic E-state index is 14.1. The van der Waals surface area contributed by atoms with E-state index in [9.17, 15) is 31.5 Å². The summed E-state index contributed by atoms with van der Waals surface area (Å²) in [5.74, 6) is -2.05. The molecule has 2 aliphatic heterocycles. The summed E-state index contributed by atoms with van der Waals surface area (Å²) in [7, 11) is 0. The molecule has 0 spiro atoms. The van der Waals surface area contributed by atoms with Gasteiger partial charge >= 0.3 is 12.1 Å². The molecule has 1 aromatic heterocycles. The molecule has 4 N–H and O–H groups in total. The number of nitrogens with two attached hydrogens (primary N) is 1. The quantitative estimate of drug-likeness (QED) is 0.0266. The van der Waals surface area contributed by atoms with E-state index in [1.54, 1.807) is 24.3 Å². The number of hydrogen-bond acceptors (Lipinski definition) is 13. The SMILES string of the molecule is C.CCc1ccc(C(=O)CBr)cc1F.CCc1ccc(C(=O)c2sc(Nc3ccc(OCCN4CCCC4)cc3)nc2N)cc1F.O=C(O)C(F)(F)F.S=C=Nc1ccc(OCCN2CCCC2)cc1. The van der Waals surface area contributed by atoms with Gasteiger partial charge in [-0.1, -0.05) is 72.8 Å². The number of Topliss-reactive ketones (excluding diaryl/α,β-unsaturated/α-hetero) is 1. The van der Waals surface area contributed by atoms with Crippen LogP contribution in [-0.2, 0) is 17.6 Å². The van der Waals surface area contributed by atoms with E-state index in [4.69, 9.17) is 25.1 Å². The highest BCUT2D eigenvalue weighted by Crippen LogP contribution is 2.31. The van der Waals surface area contributed by atoms with Gasteiger partial charge in [-0.15, -0.1) is 0 Å². The Morgan fingerprint density at radius 3 is 1.70 bits per heavy atom. The fraction of sp³-hybridized carbons (Fsp3) is 0.380. The molecule has 2 saturated heterocycles. The highest BCUT2D eigenvalue weighted by molar-refractivity contribution is 9.09. The van der Waals surface area contributed by atoms with Crippen molar-refractivity contribution in [3.63, 3.8) is 0 Å². The molecule has 2 fully saturated rings. The molecule has 5 aromatic rings. The molecule has 0 atom stereocenters. The number of thiocarbonyl (C=S) groups is 1. The Bertz CT molecular complexity index is 2480. The summed E-state index contributed by atoms with van der Waals surface area (Å²) in [4.78, 5) is 46.1. The zero-order valence-electron chi connectivity index (χ0n) is 38.1. The second-order valence-electron chi connectivity index (χ2n) is 15.4. The summed E-state index contributed by atoms with van der Waals surface area (Å²) in [6.45, 7) is 11.9. The number of benzene rings is 4. The summed E-state index contributed by atoms with van der Waals surface area (Å²) in [6, 6.07) is 24.3. The number of thiazole rings is 1. The molecule has 4 aromatic carbocycles. The van der Waals surface area contributed by atoms with Gasteiger partial charge < -0.3 is 25.6 Å². The lowest BCUT2D eigenvalue weighted by molar-refractivity contribution is -0.192. The number of rotatable bonds is 17. The first-order chi connectivity index (χ1) is 33.0. The molecule has 0 aliphatic carbocycles. The van der Waals surface area contributed by atoms with Crippen LogP contribution in [0.4, 0.5) is 44.3 Å². The Morgan fingerprint density at radius 2 is 1.27 bits per heavy atom. The van der Waals surface area contributed by atoms with E-state index in [0.29, 0.717) is 41.3 Å². The van der Waals surface area contributed by atoms with E-state index in [1.807, 2.05) is 62.4 Å². The van der Waals surface area contributed by atoms with Gasteiger partial charge in [0.2, 0.25) is 5.78 Å². The lowest BCUT2D eigenvalue weighted by Crippen LogP contribution is -2.25. The van der Waals surface area contributed by atoms with E-state index >= 15 is 0 Å². The number of aryl methyl sites for hydroxylation is 2. The van der Waals surface area contributed by atoms with Crippen molar-refractivity contribution in [2.24, 2.45) is 4.99 Å². The number of ketones is 2. The number of carboxylic acids is 1. The molecule has 0 unspecified atom stereocenters. The van der Waals surface area contributed by atoms with Crippen LogP contribution in [0.2, 0.25) is 0 Å². The average Bonchev–Trinajstić information content (AvgIpc) is 4.14. The van der Waals surface area contributed by atoms with E-state index in [1.165, 1.54) is 50.9 Å². The average molecular weight is 1080 g/mol. The van der Waals surface area contributed by atoms with E-state index < -0.39 is 12.1 Å². The fourth-order valence-corrected chi connectivity index (χ4v) is 8.06. The number of aliphatic carboxylic acids is 1. The molecule has 0 amide bonds. The van der Waals surface area contributed by atoms with Crippen LogP contribution in [0, 0.1) is 11.6 Å². The predicted molar refractivity (Wildman–Crippen MR) is 273 cm³/mol. The summed E-state index contributed by atoms with van der Waals surface area (Å²) in [5, 5.41) is 13.4. The molecule has 0 saturated carbocycles. The minimum atomic E-state index is -5.08. The summed E-state index contributed by atoms with van der Waals surface area (Å²) < 4.78 is 70.5. The third-order valence-electron chi connectivity index (χ3n) is 10.5. The van der Waals surface area contributed by atoms with Crippen LogP contribution in [0.1, 0.15) is 83.7 Å². The van der Waals surface area contributed by atoms with Gasteiger partial charge in [-0.25, -0.2) is 18.6 Å². The van der Waals surface area contributed by atoms with Crippen LogP contribution in [0.3, 0.4) is 0 Å². The largest absolute Gasteiger partial charge is 0.492 e. The molecule has 7 rings (SSSR count). The second-order valence-corrected chi connectivity index (χ2v) is 17.1. The lowest BCUT2D eigenvalue weighted by atomic mass is 10.1. The Morgan fingerprint density at radius 1 is 0.814 bits per heavy atom. The monoisotopic (exact) mass is 1080 g/mol. The zero-order chi connectivity index (χ0) is 50.3. The highest BCUT2D eigenvalue weighted by atomic mass is 79.9. The first-order valence-electron chi connectivity index (χ1n) is 22.1. The number of halogens is 6. The number of hydrogen-bond donors (Lipinski definition) is 3. The van der Waals surface area contributed by atoms with Crippen molar-refractivity contribution in [2.75, 3.05) is 68.9 Å². The number of ether oxygens (including phenoxy) is 2. The Balaban J connectivity index is 0.000000285. The molecule has 12 nitrogen and oxygen atoms in total. The summed E-state index contributed by atoms with van der Waals surface area (Å²) >= 11 is 8.73. The van der Waals surface area contributed by atoms with Crippen LogP contribution < -0.4 is 20.5 Å². The molecular weight excluding hydrogens is 1020 g/mol. The van der Waals surface area contributed by atoms with Gasteiger partial charge in [-0.05, 0) is 149 Å². The van der Waals surface area contributed by atoms with Gasteiger partial charge in [0.15, 0.2) is 10.9 Å². The lowest BCUT2D eigenvalue weighted by Gasteiger charge is -2.15. The van der Waals surface area contributed by atoms with Gasteiger partial charge in [0.1, 0.15) is 47.0 Å². The highest BCUT2D eigenvalue weighted by Gasteiger charge is 2.38. The first kappa shape index (κ1) is 58.7. The van der Waals surface area contributed by atoms with Crippen LogP contribution in [0.15, 0.2) is 89.9 Å². The number of nitrogen functional groups attached to an aromatic ring is 1. The van der Waals surface area contributed by atoms with Crippen molar-refractivity contribution in [2.45, 2.75) is 66.0 Å². The number of carbonyl (C=O) groups is 3. The molecule has 20 heteroatoms. The molecule has 378 valence electrons. The number of alkyl halides is 4. The number of isothiocyanates is 1. The molecule has 0 bridgehead atoms. The van der Waals surface area contributed by atoms with Crippen molar-refractivity contribution in [3.8, 4) is 11.5 Å². The number of carbonyl (C=O) groups excluding carboxylic acids is 2. The van der Waals surface area contributed by atoms with Crippen LogP contribution in [0.5, 0.6) is 11.5 Å². The zero-order valence-corrected chi connectivity index (χ0v) is 41.3. The van der Waals surface area contributed by atoms with Gasteiger partial charge in [-0.2, -0.15) is 18.2 Å². The van der Waals surface area contributed by atoms with Crippen LogP contribution >= 0.6 is 39.5 Å². The van der Waals surface area contributed by atoms with Crippen molar-refractivity contribution >= 4 is 84.5 Å². The Labute approximate surface area is 423 Å². The number of likely N-dealkylation sites (tertiary alicyclic amines) is 2. The van der Waals surface area contributed by atoms with Gasteiger partial charge in [-0.3, -0.25) is 19.4 Å². The number of nitrogens with zero attached hydrogens (tertiary/aromatic N) is 4. The molecule has 0 radical (unpaired) electrons. The van der Waals surface area contributed by atoms with Crippen LogP contribution in [-0.4, -0.2) is 107 Å². The third-order valence-corrected chi connectivity index (χ3v) is 12.1. The smallest absolute Gasteiger partial charge is 0.490 e. The molecule has 70 heavy (non-hydrogen) atoms. The minimum absolute atomic E-state index is 0. The summed E-state index contributed by atoms with van der Waals surface area (Å²) in [5.41, 5.74) is 9.50. The van der Waals surface area contributed by atoms with Crippen LogP contribution in [0.25, 0.3) is 0 Å². The van der Waals surface area contributed by atoms with Gasteiger partial charge in [0.05, 0.1) is 16.2 Å². The fourth-order valence-electron chi connectivity index (χ4n) is 6.76. The van der Waals surface area contributed by atoms with Crippen molar-refractivity contribution in [1.29, 1.82) is 0 Å². The molecule has 2 aliphatic rings. The van der Waals surface area contributed by atoms with Gasteiger partial charge in [0.25, 0.3) is 0 Å². The number of anilines is 3. The topological polar surface area (TPSA) is 160 Å². The normalized spacial score (nSPS) is 13.1. The number of nitrogens with one attached hydrogen (secondary N) is 1. The van der Waals surface area contributed by atoms with Crippen molar-refractivity contribution in [1.82, 2.24) is 14.8 Å². The third kappa shape index (κ3) is 19.6. The Kier molecular flexibility index (Phi) is 25.3. The Hall–Kier alpha value is -5.63. The predicted octanol–water partition coefficient (Wildman–Crippen LogP) is 12.0. The van der Waals surface area contributed by atoms with Gasteiger partial charge in [0, 0.05) is 29.9 Å². The van der Waals surface area contributed by atoms with E-state index in [0.717, 1.165) is 67.0 Å². The maximum atomic E-state index is 14.1. The van der Waals surface area contributed by atoms with E-state index in [2.05, 4.69) is 58.4 Å². The minimum Gasteiger partial charge on any atom is -0.492 e. The van der Waals surface area contributed by atoms with E-state index in [-0.39, 0.29) is 52.2 Å². The second kappa shape index (κ2) is 30.2. The van der Waals surface area contributed by atoms with Crippen molar-refractivity contribution < 1.29 is 50.9 Å². The summed E-state index contributed by atoms with van der Waals surface area (Å²) in [6.07, 6.45) is 1.33. The standard InChI is InChI=1S/C24H27FN4O2S.C13H16N2OS.C10H10BrFO.C2HF3O2.CH4/c1-2-16-5-6-17(15-20(16)25)21(30)22-23(26)28-24(32-22)27-18-7-9-19(10-8-18)31-14-13-29-11-3-4-12-29;17-11-14-12-3-5-13(6-4-12)16-10-9-15-7-1-2-8-15;1-2-7-3-4-8(5-9(7)12)10(13)6-11;3-2(4,5)1(6)7;/h5-10,15H,2-4,11-14,26H2,1H3,(H,27,28);3-6H,1-2,7-10H2;3-5H,2,6H2,1H3;(H,6,7);1H4. The number of aromatic nitrogens is 1. The number of aliphatic imine (C=N–C) groups is 1. The maximum Gasteiger partial charge on any atom is 0.490 e. The number of carboxylic acid groups (broad SMARTS) is 1. The van der Waals surface area contributed by atoms with Crippen molar-refractivity contribution in [3.05, 3.63) is 124 Å². The first-order valence-corrected chi connectivity index (χ1v) is 24.4.